The van der Waals surface area contributed by atoms with Crippen molar-refractivity contribution < 1.29 is 9.18 Å². The predicted octanol–water partition coefficient (Wildman–Crippen LogP) is 2.69. The molecule has 1 aliphatic carbocycles. The van der Waals surface area contributed by atoms with Gasteiger partial charge in [-0.05, 0) is 44.0 Å². The summed E-state index contributed by atoms with van der Waals surface area (Å²) in [5, 5.41) is 3.91. The van der Waals surface area contributed by atoms with E-state index >= 15 is 0 Å². The highest BCUT2D eigenvalue weighted by molar-refractivity contribution is 6.06. The summed E-state index contributed by atoms with van der Waals surface area (Å²) in [6, 6.07) is 6.54. The molecule has 1 saturated carbocycles. The highest BCUT2D eigenvalue weighted by Gasteiger charge is 2.30. The van der Waals surface area contributed by atoms with Gasteiger partial charge in [-0.15, -0.1) is 0 Å². The Morgan fingerprint density at radius 1 is 1.35 bits per heavy atom. The van der Waals surface area contributed by atoms with Crippen LogP contribution in [0.15, 0.2) is 24.3 Å². The van der Waals surface area contributed by atoms with Gasteiger partial charge >= 0.3 is 0 Å². The van der Waals surface area contributed by atoms with E-state index in [1.165, 1.54) is 12.1 Å². The Kier molecular flexibility index (Phi) is 3.53. The Hall–Kier alpha value is -2.01. The Morgan fingerprint density at radius 2 is 2.17 bits per heavy atom. The van der Waals surface area contributed by atoms with Gasteiger partial charge in [0.25, 0.3) is 5.91 Å². The number of rotatable bonds is 2. The molecule has 4 rings (SSSR count). The Labute approximate surface area is 134 Å². The Balaban J connectivity index is 1.83. The van der Waals surface area contributed by atoms with Crippen molar-refractivity contribution >= 4 is 16.8 Å². The van der Waals surface area contributed by atoms with Gasteiger partial charge in [-0.1, -0.05) is 0 Å². The molecule has 120 valence electrons. The number of piperazine rings is 1. The molecule has 1 aromatic carbocycles. The smallest absolute Gasteiger partial charge is 0.254 e. The SMILES string of the molecule is C[C@H]1CNCCN1C(=O)c1cc(C2CC2)nc2ccc(F)cc12. The van der Waals surface area contributed by atoms with Crippen LogP contribution in [0.1, 0.15) is 41.7 Å². The Bertz CT molecular complexity index is 772. The normalized spacial score (nSPS) is 21.7. The lowest BCUT2D eigenvalue weighted by atomic mass is 10.0. The summed E-state index contributed by atoms with van der Waals surface area (Å²) in [7, 11) is 0. The van der Waals surface area contributed by atoms with Gasteiger partial charge in [-0.25, -0.2) is 4.39 Å². The summed E-state index contributed by atoms with van der Waals surface area (Å²) < 4.78 is 13.7. The second-order valence-corrected chi connectivity index (χ2v) is 6.58. The lowest BCUT2D eigenvalue weighted by molar-refractivity contribution is 0.0657. The van der Waals surface area contributed by atoms with E-state index < -0.39 is 0 Å². The molecule has 1 amide bonds. The van der Waals surface area contributed by atoms with Gasteiger partial charge < -0.3 is 10.2 Å². The zero-order valence-corrected chi connectivity index (χ0v) is 13.2. The zero-order valence-electron chi connectivity index (χ0n) is 13.2. The van der Waals surface area contributed by atoms with Crippen molar-refractivity contribution in [1.82, 2.24) is 15.2 Å². The maximum atomic E-state index is 13.7. The minimum absolute atomic E-state index is 0.0149. The van der Waals surface area contributed by atoms with Crippen molar-refractivity contribution in [3.05, 3.63) is 41.3 Å². The van der Waals surface area contributed by atoms with E-state index in [-0.39, 0.29) is 17.8 Å². The van der Waals surface area contributed by atoms with E-state index in [1.54, 1.807) is 6.07 Å². The average Bonchev–Trinajstić information content (AvgIpc) is 3.38. The van der Waals surface area contributed by atoms with Crippen molar-refractivity contribution in [3.63, 3.8) is 0 Å². The zero-order chi connectivity index (χ0) is 16.0. The van der Waals surface area contributed by atoms with E-state index in [9.17, 15) is 9.18 Å². The number of carbonyl (C=O) groups is 1. The second-order valence-electron chi connectivity index (χ2n) is 6.58. The van der Waals surface area contributed by atoms with Crippen LogP contribution in [0.3, 0.4) is 0 Å². The predicted molar refractivity (Wildman–Crippen MR) is 87.0 cm³/mol. The molecule has 5 heteroatoms. The van der Waals surface area contributed by atoms with E-state index in [4.69, 9.17) is 0 Å². The number of hydrogen-bond acceptors (Lipinski definition) is 3. The van der Waals surface area contributed by atoms with Gasteiger partial charge in [0.15, 0.2) is 0 Å². The van der Waals surface area contributed by atoms with Gasteiger partial charge in [0, 0.05) is 42.7 Å². The van der Waals surface area contributed by atoms with Crippen LogP contribution in [0.5, 0.6) is 0 Å². The topological polar surface area (TPSA) is 45.2 Å². The molecule has 4 nitrogen and oxygen atoms in total. The maximum Gasteiger partial charge on any atom is 0.254 e. The lowest BCUT2D eigenvalue weighted by Crippen LogP contribution is -2.52. The van der Waals surface area contributed by atoms with Crippen molar-refractivity contribution in [1.29, 1.82) is 0 Å². The minimum Gasteiger partial charge on any atom is -0.333 e. The number of carbonyl (C=O) groups excluding carboxylic acids is 1. The van der Waals surface area contributed by atoms with Crippen molar-refractivity contribution in [2.75, 3.05) is 19.6 Å². The van der Waals surface area contributed by atoms with Crippen LogP contribution in [0.25, 0.3) is 10.9 Å². The van der Waals surface area contributed by atoms with E-state index in [0.717, 1.165) is 31.6 Å². The van der Waals surface area contributed by atoms with Crippen LogP contribution < -0.4 is 5.32 Å². The van der Waals surface area contributed by atoms with Crippen molar-refractivity contribution in [2.45, 2.75) is 31.7 Å². The van der Waals surface area contributed by atoms with E-state index in [2.05, 4.69) is 10.3 Å². The molecule has 0 spiro atoms. The highest BCUT2D eigenvalue weighted by atomic mass is 19.1. The first-order valence-corrected chi connectivity index (χ1v) is 8.25. The summed E-state index contributed by atoms with van der Waals surface area (Å²) in [5.41, 5.74) is 2.27. The number of nitrogens with zero attached hydrogens (tertiary/aromatic N) is 2. The number of nitrogens with one attached hydrogen (secondary N) is 1. The number of hydrogen-bond donors (Lipinski definition) is 1. The number of aromatic nitrogens is 1. The van der Waals surface area contributed by atoms with Crippen molar-refractivity contribution in [3.8, 4) is 0 Å². The minimum atomic E-state index is -0.333. The van der Waals surface area contributed by atoms with Gasteiger partial charge in [-0.3, -0.25) is 9.78 Å². The Morgan fingerprint density at radius 3 is 2.91 bits per heavy atom. The molecule has 0 radical (unpaired) electrons. The summed E-state index contributed by atoms with van der Waals surface area (Å²) in [5.74, 6) is 0.108. The number of fused-ring (bicyclic) bond motifs is 1. The van der Waals surface area contributed by atoms with E-state index in [1.807, 2.05) is 17.9 Å². The lowest BCUT2D eigenvalue weighted by Gasteiger charge is -2.34. The fourth-order valence-electron chi connectivity index (χ4n) is 3.28. The maximum absolute atomic E-state index is 13.7. The summed E-state index contributed by atoms with van der Waals surface area (Å²) in [6.45, 7) is 4.30. The molecule has 1 aliphatic heterocycles. The monoisotopic (exact) mass is 313 g/mol. The van der Waals surface area contributed by atoms with Crippen LogP contribution in [-0.2, 0) is 0 Å². The quantitative estimate of drug-likeness (QED) is 0.927. The molecule has 0 bridgehead atoms. The number of benzene rings is 1. The summed E-state index contributed by atoms with van der Waals surface area (Å²) in [4.78, 5) is 19.6. The molecule has 1 saturated heterocycles. The summed E-state index contributed by atoms with van der Waals surface area (Å²) >= 11 is 0. The number of amides is 1. The first-order chi connectivity index (χ1) is 11.1. The molecule has 1 atom stereocenters. The van der Waals surface area contributed by atoms with Crippen LogP contribution in [0.4, 0.5) is 4.39 Å². The molecule has 1 aromatic heterocycles. The third kappa shape index (κ3) is 2.70. The van der Waals surface area contributed by atoms with Gasteiger partial charge in [-0.2, -0.15) is 0 Å². The first kappa shape index (κ1) is 14.6. The highest BCUT2D eigenvalue weighted by Crippen LogP contribution is 2.40. The van der Waals surface area contributed by atoms with Gasteiger partial charge in [0.1, 0.15) is 5.82 Å². The second kappa shape index (κ2) is 5.57. The molecule has 1 N–H and O–H groups in total. The third-order valence-corrected chi connectivity index (χ3v) is 4.78. The molecule has 0 unspecified atom stereocenters. The fraction of sp³-hybridized carbons (Fsp3) is 0.444. The largest absolute Gasteiger partial charge is 0.333 e. The standard InChI is InChI=1S/C18H20FN3O/c1-11-10-20-6-7-22(11)18(23)15-9-17(12-2-3-12)21-16-5-4-13(19)8-14(15)16/h4-5,8-9,11-12,20H,2-3,6-7,10H2,1H3/t11-/m0/s1. The number of pyridine rings is 1. The first-order valence-electron chi connectivity index (χ1n) is 8.25. The van der Waals surface area contributed by atoms with Crippen LogP contribution >= 0.6 is 0 Å². The molecular weight excluding hydrogens is 293 g/mol. The van der Waals surface area contributed by atoms with Crippen molar-refractivity contribution in [2.24, 2.45) is 0 Å². The van der Waals surface area contributed by atoms with Gasteiger partial charge in [0.2, 0.25) is 0 Å². The summed E-state index contributed by atoms with van der Waals surface area (Å²) in [6.07, 6.45) is 2.24. The number of halogens is 1. The third-order valence-electron chi connectivity index (χ3n) is 4.78. The van der Waals surface area contributed by atoms with Gasteiger partial charge in [0.05, 0.1) is 11.1 Å². The fourth-order valence-corrected chi connectivity index (χ4v) is 3.28. The molecular formula is C18H20FN3O. The van der Waals surface area contributed by atoms with E-state index in [0.29, 0.717) is 28.9 Å². The van der Waals surface area contributed by atoms with Crippen LogP contribution in [0, 0.1) is 5.82 Å². The molecule has 2 aliphatic rings. The molecule has 2 heterocycles. The molecule has 2 aromatic rings. The van der Waals surface area contributed by atoms with Crippen LogP contribution in [0.2, 0.25) is 0 Å². The molecule has 23 heavy (non-hydrogen) atoms. The average molecular weight is 313 g/mol. The molecule has 2 fully saturated rings. The van der Waals surface area contributed by atoms with Crippen LogP contribution in [-0.4, -0.2) is 41.5 Å².